The third kappa shape index (κ3) is 3.32. The number of hydrogen-bond donors (Lipinski definition) is 0. The number of benzene rings is 1. The van der Waals surface area contributed by atoms with Crippen molar-refractivity contribution in [1.29, 1.82) is 0 Å². The molecule has 2 rings (SSSR count). The molecule has 0 saturated carbocycles. The fourth-order valence-electron chi connectivity index (χ4n) is 1.61. The minimum atomic E-state index is -0.279. The second-order valence-electron chi connectivity index (χ2n) is 3.74. The van der Waals surface area contributed by atoms with Crippen LogP contribution in [0.2, 0.25) is 0 Å². The van der Waals surface area contributed by atoms with Gasteiger partial charge in [0.25, 0.3) is 0 Å². The molecule has 19 heavy (non-hydrogen) atoms. The molecule has 0 fully saturated rings. The summed E-state index contributed by atoms with van der Waals surface area (Å²) in [6.45, 7) is 3.98. The Morgan fingerprint density at radius 3 is 3.00 bits per heavy atom. The number of rotatable bonds is 5. The lowest BCUT2D eigenvalue weighted by Crippen LogP contribution is -2.11. The van der Waals surface area contributed by atoms with E-state index in [0.717, 1.165) is 17.0 Å². The van der Waals surface area contributed by atoms with E-state index in [1.54, 1.807) is 35.6 Å². The van der Waals surface area contributed by atoms with Gasteiger partial charge in [-0.05, 0) is 34.8 Å². The Labute approximate surface area is 119 Å². The van der Waals surface area contributed by atoms with Gasteiger partial charge in [0.2, 0.25) is 0 Å². The number of imidazole rings is 1. The maximum absolute atomic E-state index is 13.0. The molecule has 0 saturated heterocycles. The van der Waals surface area contributed by atoms with E-state index in [9.17, 15) is 4.39 Å². The molecule has 0 radical (unpaired) electrons. The monoisotopic (exact) mass is 322 g/mol. The summed E-state index contributed by atoms with van der Waals surface area (Å²) >= 11 is 3.20. The van der Waals surface area contributed by atoms with Gasteiger partial charge in [-0.3, -0.25) is 0 Å². The Balaban J connectivity index is 2.13. The molecule has 1 aromatic carbocycles. The summed E-state index contributed by atoms with van der Waals surface area (Å²) in [5.41, 5.74) is 2.24. The molecule has 1 aromatic heterocycles. The van der Waals surface area contributed by atoms with Crippen molar-refractivity contribution in [3.63, 3.8) is 0 Å². The molecule has 1 heterocycles. The van der Waals surface area contributed by atoms with Gasteiger partial charge in [0.05, 0.1) is 5.69 Å². The van der Waals surface area contributed by atoms with Crippen molar-refractivity contribution >= 4 is 28.1 Å². The molecular formula is C14H12BrFN2O. The molecule has 5 heteroatoms. The van der Waals surface area contributed by atoms with Crippen LogP contribution in [0.4, 0.5) is 4.39 Å². The lowest BCUT2D eigenvalue weighted by Gasteiger charge is -2.08. The van der Waals surface area contributed by atoms with Crippen LogP contribution in [0.3, 0.4) is 0 Å². The summed E-state index contributed by atoms with van der Waals surface area (Å²) < 4.78 is 14.6. The minimum Gasteiger partial charge on any atom is -0.408 e. The Morgan fingerprint density at radius 1 is 1.47 bits per heavy atom. The third-order valence-corrected chi connectivity index (χ3v) is 2.74. The predicted molar refractivity (Wildman–Crippen MR) is 77.0 cm³/mol. The first-order valence-electron chi connectivity index (χ1n) is 5.59. The van der Waals surface area contributed by atoms with Gasteiger partial charge >= 0.3 is 0 Å². The average molecular weight is 323 g/mol. The van der Waals surface area contributed by atoms with E-state index in [4.69, 9.17) is 4.84 Å². The van der Waals surface area contributed by atoms with Gasteiger partial charge < -0.3 is 4.84 Å². The third-order valence-electron chi connectivity index (χ3n) is 2.48. The van der Waals surface area contributed by atoms with Crippen molar-refractivity contribution in [2.45, 2.75) is 6.61 Å². The number of hydrogen-bond acceptors (Lipinski definition) is 2. The summed E-state index contributed by atoms with van der Waals surface area (Å²) in [5, 5.41) is 0. The molecule has 0 amide bonds. The SMILES string of the molecule is C=Cc1c(/C=C/Br)ncn1OCc1cccc(F)c1. The van der Waals surface area contributed by atoms with Gasteiger partial charge in [-0.15, -0.1) is 0 Å². The van der Waals surface area contributed by atoms with Crippen LogP contribution in [0.5, 0.6) is 0 Å². The minimum absolute atomic E-state index is 0.256. The fraction of sp³-hybridized carbons (Fsp3) is 0.0714. The number of aromatic nitrogens is 2. The van der Waals surface area contributed by atoms with Crippen LogP contribution in [0.1, 0.15) is 17.0 Å². The van der Waals surface area contributed by atoms with Crippen molar-refractivity contribution in [2.24, 2.45) is 0 Å². The van der Waals surface area contributed by atoms with Gasteiger partial charge in [0.15, 0.2) is 0 Å². The molecule has 2 aromatic rings. The van der Waals surface area contributed by atoms with Crippen molar-refractivity contribution < 1.29 is 9.23 Å². The van der Waals surface area contributed by atoms with Crippen LogP contribution in [-0.2, 0) is 6.61 Å². The van der Waals surface area contributed by atoms with E-state index in [0.29, 0.717) is 0 Å². The first kappa shape index (κ1) is 13.5. The maximum atomic E-state index is 13.0. The maximum Gasteiger partial charge on any atom is 0.140 e. The lowest BCUT2D eigenvalue weighted by atomic mass is 10.2. The highest BCUT2D eigenvalue weighted by atomic mass is 79.9. The van der Waals surface area contributed by atoms with Crippen LogP contribution < -0.4 is 4.84 Å². The Bertz CT molecular complexity index is 607. The van der Waals surface area contributed by atoms with Crippen LogP contribution >= 0.6 is 15.9 Å². The van der Waals surface area contributed by atoms with Crippen molar-refractivity contribution in [2.75, 3.05) is 0 Å². The smallest absolute Gasteiger partial charge is 0.140 e. The molecule has 0 aliphatic heterocycles. The standard InChI is InChI=1S/C14H12BrFN2O/c1-2-14-13(6-7-15)17-10-18(14)19-9-11-4-3-5-12(16)8-11/h2-8,10H,1,9H2/b7-6+. The zero-order valence-electron chi connectivity index (χ0n) is 10.1. The fourth-order valence-corrected chi connectivity index (χ4v) is 1.86. The molecule has 0 bridgehead atoms. The van der Waals surface area contributed by atoms with Gasteiger partial charge in [-0.25, -0.2) is 9.37 Å². The van der Waals surface area contributed by atoms with Gasteiger partial charge in [-0.2, -0.15) is 4.73 Å². The number of halogens is 2. The first-order chi connectivity index (χ1) is 9.24. The van der Waals surface area contributed by atoms with Gasteiger partial charge in [-0.1, -0.05) is 34.6 Å². The molecular weight excluding hydrogens is 311 g/mol. The Morgan fingerprint density at radius 2 is 2.32 bits per heavy atom. The lowest BCUT2D eigenvalue weighted by molar-refractivity contribution is 0.0954. The van der Waals surface area contributed by atoms with Crippen LogP contribution in [0.25, 0.3) is 12.2 Å². The summed E-state index contributed by atoms with van der Waals surface area (Å²) in [4.78, 5) is 11.5. The predicted octanol–water partition coefficient (Wildman–Crippen LogP) is 3.66. The Kier molecular flexibility index (Phi) is 4.52. The van der Waals surface area contributed by atoms with E-state index in [-0.39, 0.29) is 12.4 Å². The molecule has 0 unspecified atom stereocenters. The highest BCUT2D eigenvalue weighted by Crippen LogP contribution is 2.12. The molecule has 0 atom stereocenters. The van der Waals surface area contributed by atoms with Crippen LogP contribution in [0, 0.1) is 5.82 Å². The molecule has 98 valence electrons. The highest BCUT2D eigenvalue weighted by molar-refractivity contribution is 9.11. The van der Waals surface area contributed by atoms with E-state index in [1.807, 2.05) is 0 Å². The summed E-state index contributed by atoms with van der Waals surface area (Å²) in [7, 11) is 0. The van der Waals surface area contributed by atoms with E-state index >= 15 is 0 Å². The Hall–Kier alpha value is -1.88. The molecule has 3 nitrogen and oxygen atoms in total. The van der Waals surface area contributed by atoms with Gasteiger partial charge in [0, 0.05) is 0 Å². The van der Waals surface area contributed by atoms with Crippen molar-refractivity contribution in [3.05, 3.63) is 64.9 Å². The molecule has 0 aliphatic carbocycles. The van der Waals surface area contributed by atoms with Crippen LogP contribution in [0.15, 0.2) is 42.2 Å². The van der Waals surface area contributed by atoms with E-state index < -0.39 is 0 Å². The molecule has 0 aliphatic rings. The van der Waals surface area contributed by atoms with Crippen molar-refractivity contribution in [1.82, 2.24) is 9.71 Å². The first-order valence-corrected chi connectivity index (χ1v) is 6.50. The molecule has 0 spiro atoms. The van der Waals surface area contributed by atoms with E-state index in [1.165, 1.54) is 16.9 Å². The average Bonchev–Trinajstić information content (AvgIpc) is 2.79. The summed E-state index contributed by atoms with van der Waals surface area (Å²) in [6.07, 6.45) is 5.00. The normalized spacial score (nSPS) is 10.8. The molecule has 0 N–H and O–H groups in total. The quantitative estimate of drug-likeness (QED) is 0.840. The van der Waals surface area contributed by atoms with Gasteiger partial charge in [0.1, 0.15) is 24.4 Å². The van der Waals surface area contributed by atoms with Crippen molar-refractivity contribution in [3.8, 4) is 0 Å². The van der Waals surface area contributed by atoms with Crippen LogP contribution in [-0.4, -0.2) is 9.71 Å². The second kappa shape index (κ2) is 6.33. The second-order valence-corrected chi connectivity index (χ2v) is 4.27. The number of nitrogens with zero attached hydrogens (tertiary/aromatic N) is 2. The zero-order valence-corrected chi connectivity index (χ0v) is 11.7. The summed E-state index contributed by atoms with van der Waals surface area (Å²) in [5.74, 6) is -0.279. The zero-order chi connectivity index (χ0) is 13.7. The largest absolute Gasteiger partial charge is 0.408 e. The highest BCUT2D eigenvalue weighted by Gasteiger charge is 2.06. The topological polar surface area (TPSA) is 27.1 Å². The summed E-state index contributed by atoms with van der Waals surface area (Å²) in [6, 6.07) is 6.28. The van der Waals surface area contributed by atoms with E-state index in [2.05, 4.69) is 27.5 Å².